The van der Waals surface area contributed by atoms with Crippen LogP contribution in [0.15, 0.2) is 9.66 Å². The largest absolute Gasteiger partial charge is 0.411 e. The van der Waals surface area contributed by atoms with E-state index in [4.69, 9.17) is 4.43 Å². The molecule has 0 saturated heterocycles. The zero-order valence-corrected chi connectivity index (χ0v) is 13.6. The van der Waals surface area contributed by atoms with E-state index in [0.29, 0.717) is 5.04 Å². The fraction of sp³-hybridized carbons (Fsp3) is 0.818. The van der Waals surface area contributed by atoms with Crippen molar-refractivity contribution in [3.8, 4) is 0 Å². The van der Waals surface area contributed by atoms with Crippen LogP contribution in [0.4, 0.5) is 0 Å². The van der Waals surface area contributed by atoms with Gasteiger partial charge in [0.05, 0.1) is 6.10 Å². The molecule has 0 aliphatic heterocycles. The van der Waals surface area contributed by atoms with Gasteiger partial charge in [0.1, 0.15) is 0 Å². The maximum absolute atomic E-state index is 6.17. The molecule has 0 fully saturated rings. The molecule has 0 bridgehead atoms. The Balaban J connectivity index is 4.45. The van der Waals surface area contributed by atoms with Crippen LogP contribution in [0.3, 0.4) is 0 Å². The predicted octanol–water partition coefficient (Wildman–Crippen LogP) is 4.74. The van der Waals surface area contributed by atoms with Gasteiger partial charge in [-0.2, -0.15) is 0 Å². The highest BCUT2D eigenvalue weighted by Gasteiger charge is 2.37. The molecule has 0 radical (unpaired) electrons. The van der Waals surface area contributed by atoms with Gasteiger partial charge in [-0.1, -0.05) is 20.8 Å². The van der Waals surface area contributed by atoms with Crippen molar-refractivity contribution in [2.75, 3.05) is 0 Å². The molecule has 0 heterocycles. The lowest BCUT2D eigenvalue weighted by Crippen LogP contribution is -2.42. The Hall–Kier alpha value is 0.647. The van der Waals surface area contributed by atoms with Crippen LogP contribution >= 0.6 is 22.6 Å². The highest BCUT2D eigenvalue weighted by Crippen LogP contribution is 2.37. The number of rotatable bonds is 3. The Kier molecular flexibility index (Phi) is 5.36. The van der Waals surface area contributed by atoms with E-state index in [9.17, 15) is 0 Å². The Morgan fingerprint density at radius 1 is 1.36 bits per heavy atom. The first kappa shape index (κ1) is 14.6. The van der Waals surface area contributed by atoms with Crippen molar-refractivity contribution in [1.29, 1.82) is 0 Å². The minimum Gasteiger partial charge on any atom is -0.411 e. The van der Waals surface area contributed by atoms with Crippen molar-refractivity contribution in [2.45, 2.75) is 58.9 Å². The molecule has 0 spiro atoms. The molecule has 1 atom stereocenters. The van der Waals surface area contributed by atoms with Crippen molar-refractivity contribution >= 4 is 30.9 Å². The van der Waals surface area contributed by atoms with Crippen LogP contribution in [0.2, 0.25) is 18.1 Å². The molecule has 14 heavy (non-hydrogen) atoms. The maximum atomic E-state index is 6.17. The SMILES string of the molecule is C/C(I)=C/[C@@H](C)O[Si](C)(C)C(C)(C)C. The first-order valence-corrected chi connectivity index (χ1v) is 9.07. The molecule has 1 nitrogen and oxygen atoms in total. The van der Waals surface area contributed by atoms with Gasteiger partial charge in [-0.3, -0.25) is 0 Å². The topological polar surface area (TPSA) is 9.23 Å². The normalized spacial score (nSPS) is 17.0. The molecule has 0 aromatic carbocycles. The standard InChI is InChI=1S/C11H23IOSi/c1-9(12)8-10(2)13-14(6,7)11(3,4)5/h8,10H,1-7H3/b9-8-/t10-/m1/s1. The zero-order valence-electron chi connectivity index (χ0n) is 10.4. The fourth-order valence-electron chi connectivity index (χ4n) is 0.999. The van der Waals surface area contributed by atoms with E-state index >= 15 is 0 Å². The molecule has 0 aromatic rings. The molecule has 0 saturated carbocycles. The quantitative estimate of drug-likeness (QED) is 0.538. The molecular formula is C11H23IOSi. The first-order chi connectivity index (χ1) is 6.06. The summed E-state index contributed by atoms with van der Waals surface area (Å²) in [5.41, 5.74) is 0. The Morgan fingerprint density at radius 2 is 1.79 bits per heavy atom. The number of hydrogen-bond acceptors (Lipinski definition) is 1. The van der Waals surface area contributed by atoms with Crippen molar-refractivity contribution in [3.63, 3.8) is 0 Å². The monoisotopic (exact) mass is 326 g/mol. The predicted molar refractivity (Wildman–Crippen MR) is 75.5 cm³/mol. The van der Waals surface area contributed by atoms with E-state index in [1.807, 2.05) is 0 Å². The smallest absolute Gasteiger partial charge is 0.192 e. The lowest BCUT2D eigenvalue weighted by molar-refractivity contribution is 0.243. The van der Waals surface area contributed by atoms with Crippen LogP contribution < -0.4 is 0 Å². The van der Waals surface area contributed by atoms with Gasteiger partial charge in [-0.25, -0.2) is 0 Å². The van der Waals surface area contributed by atoms with E-state index in [2.05, 4.69) is 76.4 Å². The minimum atomic E-state index is -1.58. The summed E-state index contributed by atoms with van der Waals surface area (Å²) in [5.74, 6) is 0. The molecule has 0 unspecified atom stereocenters. The van der Waals surface area contributed by atoms with Crippen molar-refractivity contribution < 1.29 is 4.43 Å². The number of hydrogen-bond donors (Lipinski definition) is 0. The average molecular weight is 326 g/mol. The summed E-state index contributed by atoms with van der Waals surface area (Å²) in [5, 5.41) is 0.300. The summed E-state index contributed by atoms with van der Waals surface area (Å²) < 4.78 is 7.47. The van der Waals surface area contributed by atoms with Gasteiger partial charge >= 0.3 is 0 Å². The molecular weight excluding hydrogens is 303 g/mol. The summed E-state index contributed by atoms with van der Waals surface area (Å²) in [4.78, 5) is 0. The van der Waals surface area contributed by atoms with E-state index in [1.165, 1.54) is 3.58 Å². The van der Waals surface area contributed by atoms with Gasteiger partial charge in [-0.05, 0) is 64.2 Å². The summed E-state index contributed by atoms with van der Waals surface area (Å²) >= 11 is 2.33. The lowest BCUT2D eigenvalue weighted by atomic mass is 10.2. The number of halogens is 1. The molecule has 0 N–H and O–H groups in total. The number of allylic oxidation sites excluding steroid dienone is 1. The Labute approximate surface area is 104 Å². The van der Waals surface area contributed by atoms with Crippen LogP contribution in [0.1, 0.15) is 34.6 Å². The third-order valence-electron chi connectivity index (χ3n) is 2.75. The van der Waals surface area contributed by atoms with Crippen LogP contribution in [0.25, 0.3) is 0 Å². The molecule has 0 aliphatic carbocycles. The van der Waals surface area contributed by atoms with Gasteiger partial charge in [-0.15, -0.1) is 0 Å². The summed E-state index contributed by atoms with van der Waals surface area (Å²) in [6, 6.07) is 0. The third kappa shape index (κ3) is 4.93. The van der Waals surface area contributed by atoms with E-state index < -0.39 is 8.32 Å². The molecule has 84 valence electrons. The second kappa shape index (κ2) is 5.12. The van der Waals surface area contributed by atoms with E-state index in [-0.39, 0.29) is 6.10 Å². The van der Waals surface area contributed by atoms with Crippen molar-refractivity contribution in [2.24, 2.45) is 0 Å². The van der Waals surface area contributed by atoms with E-state index in [0.717, 1.165) is 0 Å². The van der Waals surface area contributed by atoms with Crippen LogP contribution in [0.5, 0.6) is 0 Å². The summed E-state index contributed by atoms with van der Waals surface area (Å²) in [6.07, 6.45) is 2.42. The van der Waals surface area contributed by atoms with Gasteiger partial charge in [0.2, 0.25) is 0 Å². The lowest BCUT2D eigenvalue weighted by Gasteiger charge is -2.37. The molecule has 3 heteroatoms. The Bertz CT molecular complexity index is 212. The van der Waals surface area contributed by atoms with Crippen molar-refractivity contribution in [1.82, 2.24) is 0 Å². The minimum absolute atomic E-state index is 0.243. The highest BCUT2D eigenvalue weighted by atomic mass is 127. The zero-order chi connectivity index (χ0) is 11.6. The molecule has 0 aliphatic rings. The van der Waals surface area contributed by atoms with Gasteiger partial charge < -0.3 is 4.43 Å². The fourth-order valence-corrected chi connectivity index (χ4v) is 2.86. The second-order valence-corrected chi connectivity index (χ2v) is 11.8. The van der Waals surface area contributed by atoms with Gasteiger partial charge in [0.25, 0.3) is 0 Å². The molecule has 0 rings (SSSR count). The van der Waals surface area contributed by atoms with Crippen molar-refractivity contribution in [3.05, 3.63) is 9.66 Å². The van der Waals surface area contributed by atoms with Gasteiger partial charge in [0.15, 0.2) is 8.32 Å². The molecule has 0 aromatic heterocycles. The average Bonchev–Trinajstić information content (AvgIpc) is 1.79. The summed E-state index contributed by atoms with van der Waals surface area (Å²) in [7, 11) is -1.58. The summed E-state index contributed by atoms with van der Waals surface area (Å²) in [6.45, 7) is 15.6. The maximum Gasteiger partial charge on any atom is 0.192 e. The van der Waals surface area contributed by atoms with E-state index in [1.54, 1.807) is 0 Å². The van der Waals surface area contributed by atoms with Crippen LogP contribution in [-0.2, 0) is 4.43 Å². The first-order valence-electron chi connectivity index (χ1n) is 5.08. The molecule has 0 amide bonds. The van der Waals surface area contributed by atoms with Crippen LogP contribution in [0, 0.1) is 0 Å². The Morgan fingerprint density at radius 3 is 2.07 bits per heavy atom. The highest BCUT2D eigenvalue weighted by molar-refractivity contribution is 14.1. The second-order valence-electron chi connectivity index (χ2n) is 5.34. The van der Waals surface area contributed by atoms with Crippen LogP contribution in [-0.4, -0.2) is 14.4 Å². The van der Waals surface area contributed by atoms with Gasteiger partial charge in [0, 0.05) is 0 Å². The third-order valence-corrected chi connectivity index (χ3v) is 7.68.